The minimum absolute atomic E-state index is 0.392. The van der Waals surface area contributed by atoms with Gasteiger partial charge >= 0.3 is 0 Å². The van der Waals surface area contributed by atoms with E-state index < -0.39 is 0 Å². The maximum atomic E-state index is 5.77. The van der Waals surface area contributed by atoms with Gasteiger partial charge in [-0.1, -0.05) is 11.6 Å². The maximum Gasteiger partial charge on any atom is 0.148 e. The summed E-state index contributed by atoms with van der Waals surface area (Å²) in [4.78, 5) is 8.43. The lowest BCUT2D eigenvalue weighted by atomic mass is 10.2. The number of aromatic nitrogens is 4. The molecule has 0 aliphatic rings. The molecule has 4 nitrogen and oxygen atoms in total. The van der Waals surface area contributed by atoms with E-state index in [9.17, 15) is 0 Å². The van der Waals surface area contributed by atoms with E-state index in [1.165, 1.54) is 6.20 Å². The summed E-state index contributed by atoms with van der Waals surface area (Å²) >= 11 is 5.77. The highest BCUT2D eigenvalue weighted by Gasteiger charge is 2.03. The molecule has 15 heavy (non-hydrogen) atoms. The van der Waals surface area contributed by atoms with Gasteiger partial charge in [-0.3, -0.25) is 4.98 Å². The summed E-state index contributed by atoms with van der Waals surface area (Å²) < 4.78 is 0. The fourth-order valence-electron chi connectivity index (χ4n) is 1.53. The van der Waals surface area contributed by atoms with E-state index >= 15 is 0 Å². The van der Waals surface area contributed by atoms with E-state index in [-0.39, 0.29) is 0 Å². The van der Waals surface area contributed by atoms with Gasteiger partial charge in [0.15, 0.2) is 0 Å². The first-order valence-electron chi connectivity index (χ1n) is 4.37. The SMILES string of the molecule is Clc1cnc2c(ccc3nnccc32)n1. The van der Waals surface area contributed by atoms with Crippen LogP contribution in [0.5, 0.6) is 0 Å². The first-order valence-corrected chi connectivity index (χ1v) is 4.75. The van der Waals surface area contributed by atoms with Crippen molar-refractivity contribution in [2.24, 2.45) is 0 Å². The van der Waals surface area contributed by atoms with Crippen molar-refractivity contribution < 1.29 is 0 Å². The molecule has 5 heteroatoms. The molecule has 3 rings (SSSR count). The molecule has 0 fully saturated rings. The van der Waals surface area contributed by atoms with Crippen molar-refractivity contribution >= 4 is 33.5 Å². The second-order valence-corrected chi connectivity index (χ2v) is 3.48. The van der Waals surface area contributed by atoms with E-state index in [2.05, 4.69) is 20.2 Å². The Hall–Kier alpha value is -1.81. The first-order chi connectivity index (χ1) is 7.34. The van der Waals surface area contributed by atoms with Crippen molar-refractivity contribution in [3.05, 3.63) is 35.7 Å². The molecular formula is C10H5ClN4. The monoisotopic (exact) mass is 216 g/mol. The number of hydrogen-bond acceptors (Lipinski definition) is 4. The van der Waals surface area contributed by atoms with Gasteiger partial charge in [0.25, 0.3) is 0 Å². The molecule has 2 heterocycles. The van der Waals surface area contributed by atoms with Crippen LogP contribution in [-0.2, 0) is 0 Å². The zero-order valence-electron chi connectivity index (χ0n) is 7.55. The zero-order chi connectivity index (χ0) is 10.3. The van der Waals surface area contributed by atoms with E-state index in [1.54, 1.807) is 6.20 Å². The summed E-state index contributed by atoms with van der Waals surface area (Å²) in [7, 11) is 0. The zero-order valence-corrected chi connectivity index (χ0v) is 8.31. The highest BCUT2D eigenvalue weighted by Crippen LogP contribution is 2.20. The van der Waals surface area contributed by atoms with Crippen molar-refractivity contribution in [3.8, 4) is 0 Å². The second-order valence-electron chi connectivity index (χ2n) is 3.09. The Labute approximate surface area is 89.9 Å². The van der Waals surface area contributed by atoms with Gasteiger partial charge in [0.2, 0.25) is 0 Å². The normalized spacial score (nSPS) is 11.0. The first kappa shape index (κ1) is 8.49. The average molecular weight is 217 g/mol. The largest absolute Gasteiger partial charge is 0.251 e. The van der Waals surface area contributed by atoms with E-state index in [4.69, 9.17) is 11.6 Å². The molecule has 2 aromatic heterocycles. The standard InChI is InChI=1S/C10H5ClN4/c11-9-5-12-10-6-3-4-13-15-7(6)1-2-8(10)14-9/h1-5H. The molecule has 0 amide bonds. The van der Waals surface area contributed by atoms with Crippen LogP contribution in [0.3, 0.4) is 0 Å². The minimum atomic E-state index is 0.392. The maximum absolute atomic E-state index is 5.77. The van der Waals surface area contributed by atoms with Gasteiger partial charge in [0.1, 0.15) is 5.15 Å². The van der Waals surface area contributed by atoms with Crippen molar-refractivity contribution in [1.82, 2.24) is 20.2 Å². The van der Waals surface area contributed by atoms with E-state index in [1.807, 2.05) is 18.2 Å². The van der Waals surface area contributed by atoms with Gasteiger partial charge in [-0.2, -0.15) is 10.2 Å². The number of rotatable bonds is 0. The smallest absolute Gasteiger partial charge is 0.148 e. The van der Waals surface area contributed by atoms with Gasteiger partial charge in [-0.25, -0.2) is 4.98 Å². The number of benzene rings is 1. The fraction of sp³-hybridized carbons (Fsp3) is 0. The highest BCUT2D eigenvalue weighted by molar-refractivity contribution is 6.29. The predicted octanol–water partition coefficient (Wildman–Crippen LogP) is 2.23. The molecular weight excluding hydrogens is 212 g/mol. The van der Waals surface area contributed by atoms with Crippen LogP contribution in [0, 0.1) is 0 Å². The summed E-state index contributed by atoms with van der Waals surface area (Å²) in [6, 6.07) is 5.56. The third-order valence-electron chi connectivity index (χ3n) is 2.17. The number of halogens is 1. The Bertz CT molecular complexity index is 653. The molecule has 72 valence electrons. The molecule has 0 atom stereocenters. The van der Waals surface area contributed by atoms with Crippen LogP contribution >= 0.6 is 11.6 Å². The summed E-state index contributed by atoms with van der Waals surface area (Å²) in [5.74, 6) is 0. The molecule has 0 aliphatic heterocycles. The molecule has 3 aromatic rings. The predicted molar refractivity (Wildman–Crippen MR) is 57.6 cm³/mol. The van der Waals surface area contributed by atoms with Gasteiger partial charge in [-0.15, -0.1) is 0 Å². The van der Waals surface area contributed by atoms with Crippen LogP contribution in [0.4, 0.5) is 0 Å². The van der Waals surface area contributed by atoms with Crippen LogP contribution in [-0.4, -0.2) is 20.2 Å². The van der Waals surface area contributed by atoms with Crippen molar-refractivity contribution in [1.29, 1.82) is 0 Å². The Kier molecular flexibility index (Phi) is 1.76. The third kappa shape index (κ3) is 1.30. The second kappa shape index (κ2) is 3.10. The summed E-state index contributed by atoms with van der Waals surface area (Å²) in [6.45, 7) is 0. The quantitative estimate of drug-likeness (QED) is 0.541. The van der Waals surface area contributed by atoms with Crippen LogP contribution < -0.4 is 0 Å². The molecule has 0 saturated carbocycles. The molecule has 0 unspecified atom stereocenters. The van der Waals surface area contributed by atoms with E-state index in [0.29, 0.717) is 5.15 Å². The van der Waals surface area contributed by atoms with Crippen LogP contribution in [0.2, 0.25) is 5.15 Å². The fourth-order valence-corrected chi connectivity index (χ4v) is 1.67. The van der Waals surface area contributed by atoms with Gasteiger partial charge < -0.3 is 0 Å². The Morgan fingerprint density at radius 3 is 2.87 bits per heavy atom. The minimum Gasteiger partial charge on any atom is -0.251 e. The van der Waals surface area contributed by atoms with E-state index in [0.717, 1.165) is 21.9 Å². The Balaban J connectivity index is 2.55. The van der Waals surface area contributed by atoms with Crippen molar-refractivity contribution in [3.63, 3.8) is 0 Å². The van der Waals surface area contributed by atoms with Gasteiger partial charge in [0, 0.05) is 5.39 Å². The Morgan fingerprint density at radius 2 is 1.93 bits per heavy atom. The molecule has 1 aromatic carbocycles. The lowest BCUT2D eigenvalue weighted by Gasteiger charge is -2.00. The van der Waals surface area contributed by atoms with Crippen molar-refractivity contribution in [2.75, 3.05) is 0 Å². The number of hydrogen-bond donors (Lipinski definition) is 0. The topological polar surface area (TPSA) is 51.6 Å². The van der Waals surface area contributed by atoms with Crippen molar-refractivity contribution in [2.45, 2.75) is 0 Å². The molecule has 0 bridgehead atoms. The molecule has 0 saturated heterocycles. The molecule has 0 spiro atoms. The summed E-state index contributed by atoms with van der Waals surface area (Å²) in [5, 5.41) is 9.15. The summed E-state index contributed by atoms with van der Waals surface area (Å²) in [6.07, 6.45) is 3.17. The van der Waals surface area contributed by atoms with Crippen LogP contribution in [0.15, 0.2) is 30.6 Å². The number of fused-ring (bicyclic) bond motifs is 3. The van der Waals surface area contributed by atoms with Gasteiger partial charge in [-0.05, 0) is 18.2 Å². The Morgan fingerprint density at radius 1 is 1.07 bits per heavy atom. The molecule has 0 radical (unpaired) electrons. The number of nitrogens with zero attached hydrogens (tertiary/aromatic N) is 4. The van der Waals surface area contributed by atoms with Crippen LogP contribution in [0.25, 0.3) is 21.9 Å². The lowest BCUT2D eigenvalue weighted by Crippen LogP contribution is -1.88. The van der Waals surface area contributed by atoms with Crippen LogP contribution in [0.1, 0.15) is 0 Å². The third-order valence-corrected chi connectivity index (χ3v) is 2.36. The summed E-state index contributed by atoms with van der Waals surface area (Å²) in [5.41, 5.74) is 2.37. The molecule has 0 N–H and O–H groups in total. The van der Waals surface area contributed by atoms with Gasteiger partial charge in [0.05, 0.1) is 28.9 Å². The molecule has 0 aliphatic carbocycles. The highest BCUT2D eigenvalue weighted by atomic mass is 35.5. The average Bonchev–Trinajstić information content (AvgIpc) is 2.28. The lowest BCUT2D eigenvalue weighted by molar-refractivity contribution is 1.08.